The smallest absolute Gasteiger partial charge is 0.227 e. The molecule has 6 heteroatoms. The van der Waals surface area contributed by atoms with Gasteiger partial charge in [0.25, 0.3) is 0 Å². The third kappa shape index (κ3) is 2.99. The van der Waals surface area contributed by atoms with Crippen LogP contribution in [0.1, 0.15) is 45.4 Å². The predicted octanol–water partition coefficient (Wildman–Crippen LogP) is 1.63. The average Bonchev–Trinajstić information content (AvgIpc) is 2.90. The van der Waals surface area contributed by atoms with Crippen LogP contribution in [0.25, 0.3) is 0 Å². The van der Waals surface area contributed by atoms with Crippen molar-refractivity contribution >= 4 is 5.95 Å². The van der Waals surface area contributed by atoms with Crippen molar-refractivity contribution in [1.82, 2.24) is 19.7 Å². The zero-order chi connectivity index (χ0) is 15.7. The normalized spacial score (nSPS) is 25.1. The molecule has 3 heterocycles. The monoisotopic (exact) mass is 307 g/mol. The molecule has 0 N–H and O–H groups in total. The summed E-state index contributed by atoms with van der Waals surface area (Å²) in [6.07, 6.45) is 2.35. The molecule has 1 aromatic heterocycles. The van der Waals surface area contributed by atoms with E-state index in [0.717, 1.165) is 44.6 Å². The molecule has 2 aliphatic heterocycles. The zero-order valence-electron chi connectivity index (χ0n) is 14.3. The van der Waals surface area contributed by atoms with Gasteiger partial charge in [0, 0.05) is 57.9 Å². The molecule has 0 saturated carbocycles. The van der Waals surface area contributed by atoms with Gasteiger partial charge in [-0.2, -0.15) is 0 Å². The van der Waals surface area contributed by atoms with Crippen molar-refractivity contribution in [1.29, 1.82) is 0 Å². The number of hydrogen-bond donors (Lipinski definition) is 0. The van der Waals surface area contributed by atoms with Crippen molar-refractivity contribution in [3.8, 4) is 0 Å². The molecule has 0 aliphatic carbocycles. The van der Waals surface area contributed by atoms with Gasteiger partial charge in [-0.05, 0) is 19.8 Å². The fourth-order valence-electron chi connectivity index (χ4n) is 3.75. The standard InChI is InChI=1S/C16H29N5O/c1-12(2)15-17-18-16(19(15)4)21-8-7-20(11-13(21)3)14-5-9-22-10-6-14/h12-14H,5-11H2,1-4H3/t13-/m1/s1. The number of piperazine rings is 1. The number of rotatable bonds is 3. The van der Waals surface area contributed by atoms with Crippen LogP contribution in [0.4, 0.5) is 5.95 Å². The van der Waals surface area contributed by atoms with Gasteiger partial charge in [0.1, 0.15) is 5.82 Å². The summed E-state index contributed by atoms with van der Waals surface area (Å²) in [5, 5.41) is 8.82. The van der Waals surface area contributed by atoms with E-state index in [-0.39, 0.29) is 0 Å². The van der Waals surface area contributed by atoms with Crippen molar-refractivity contribution in [3.05, 3.63) is 5.82 Å². The Labute approximate surface area is 133 Å². The highest BCUT2D eigenvalue weighted by atomic mass is 16.5. The van der Waals surface area contributed by atoms with Crippen LogP contribution in [-0.2, 0) is 11.8 Å². The van der Waals surface area contributed by atoms with Gasteiger partial charge in [0.15, 0.2) is 0 Å². The lowest BCUT2D eigenvalue weighted by molar-refractivity contribution is 0.0278. The number of aromatic nitrogens is 3. The molecule has 2 aliphatic rings. The first-order valence-corrected chi connectivity index (χ1v) is 8.55. The third-order valence-electron chi connectivity index (χ3n) is 5.02. The Morgan fingerprint density at radius 2 is 1.86 bits per heavy atom. The summed E-state index contributed by atoms with van der Waals surface area (Å²) in [6.45, 7) is 11.7. The van der Waals surface area contributed by atoms with Gasteiger partial charge in [0.2, 0.25) is 5.95 Å². The summed E-state index contributed by atoms with van der Waals surface area (Å²) in [5.41, 5.74) is 0. The lowest BCUT2D eigenvalue weighted by Gasteiger charge is -2.44. The van der Waals surface area contributed by atoms with Crippen molar-refractivity contribution < 1.29 is 4.74 Å². The topological polar surface area (TPSA) is 46.4 Å². The van der Waals surface area contributed by atoms with E-state index < -0.39 is 0 Å². The first kappa shape index (κ1) is 15.7. The maximum Gasteiger partial charge on any atom is 0.227 e. The molecule has 0 amide bonds. The van der Waals surface area contributed by atoms with E-state index in [0.29, 0.717) is 18.0 Å². The van der Waals surface area contributed by atoms with E-state index in [1.807, 2.05) is 0 Å². The minimum atomic E-state index is 0.407. The van der Waals surface area contributed by atoms with Gasteiger partial charge in [-0.3, -0.25) is 4.90 Å². The summed E-state index contributed by atoms with van der Waals surface area (Å²) in [6, 6.07) is 1.17. The number of ether oxygens (including phenoxy) is 1. The Morgan fingerprint density at radius 1 is 1.14 bits per heavy atom. The molecule has 0 spiro atoms. The van der Waals surface area contributed by atoms with E-state index in [2.05, 4.69) is 52.4 Å². The van der Waals surface area contributed by atoms with E-state index in [9.17, 15) is 0 Å². The molecule has 2 saturated heterocycles. The number of nitrogens with zero attached hydrogens (tertiary/aromatic N) is 5. The third-order valence-corrected chi connectivity index (χ3v) is 5.02. The molecule has 6 nitrogen and oxygen atoms in total. The van der Waals surface area contributed by atoms with Crippen LogP contribution in [0, 0.1) is 0 Å². The molecule has 0 aromatic carbocycles. The molecule has 2 fully saturated rings. The molecular weight excluding hydrogens is 278 g/mol. The lowest BCUT2D eigenvalue weighted by Crippen LogP contribution is -2.56. The largest absolute Gasteiger partial charge is 0.381 e. The first-order valence-electron chi connectivity index (χ1n) is 8.55. The van der Waals surface area contributed by atoms with Gasteiger partial charge in [0.05, 0.1) is 0 Å². The fourth-order valence-corrected chi connectivity index (χ4v) is 3.75. The van der Waals surface area contributed by atoms with Crippen LogP contribution in [0.3, 0.4) is 0 Å². The SMILES string of the molecule is CC(C)c1nnc(N2CCN(C3CCOCC3)C[C@H]2C)n1C. The Morgan fingerprint density at radius 3 is 2.45 bits per heavy atom. The van der Waals surface area contributed by atoms with Crippen molar-refractivity contribution in [3.63, 3.8) is 0 Å². The highest BCUT2D eigenvalue weighted by Gasteiger charge is 2.31. The Kier molecular flexibility index (Phi) is 4.68. The van der Waals surface area contributed by atoms with Crippen molar-refractivity contribution in [2.75, 3.05) is 37.7 Å². The molecule has 1 atom stereocenters. The van der Waals surface area contributed by atoms with Gasteiger partial charge < -0.3 is 14.2 Å². The van der Waals surface area contributed by atoms with Gasteiger partial charge in [-0.25, -0.2) is 0 Å². The van der Waals surface area contributed by atoms with Crippen LogP contribution >= 0.6 is 0 Å². The van der Waals surface area contributed by atoms with E-state index >= 15 is 0 Å². The fraction of sp³-hybridized carbons (Fsp3) is 0.875. The maximum atomic E-state index is 5.49. The highest BCUT2D eigenvalue weighted by Crippen LogP contribution is 2.24. The van der Waals surface area contributed by atoms with Gasteiger partial charge in [-0.15, -0.1) is 10.2 Å². The maximum absolute atomic E-state index is 5.49. The minimum Gasteiger partial charge on any atom is -0.381 e. The molecule has 124 valence electrons. The second-order valence-corrected chi connectivity index (χ2v) is 6.95. The van der Waals surface area contributed by atoms with E-state index in [4.69, 9.17) is 4.74 Å². The highest BCUT2D eigenvalue weighted by molar-refractivity contribution is 5.34. The molecule has 22 heavy (non-hydrogen) atoms. The molecular formula is C16H29N5O. The molecule has 1 aromatic rings. The predicted molar refractivity (Wildman–Crippen MR) is 87.3 cm³/mol. The Bertz CT molecular complexity index is 495. The van der Waals surface area contributed by atoms with Crippen LogP contribution in [0.15, 0.2) is 0 Å². The van der Waals surface area contributed by atoms with E-state index in [1.165, 1.54) is 12.8 Å². The summed E-state index contributed by atoms with van der Waals surface area (Å²) < 4.78 is 7.65. The van der Waals surface area contributed by atoms with Gasteiger partial charge >= 0.3 is 0 Å². The van der Waals surface area contributed by atoms with Crippen molar-refractivity contribution in [2.24, 2.45) is 7.05 Å². The quantitative estimate of drug-likeness (QED) is 0.849. The van der Waals surface area contributed by atoms with Crippen LogP contribution in [-0.4, -0.2) is 64.6 Å². The zero-order valence-corrected chi connectivity index (χ0v) is 14.3. The molecule has 0 unspecified atom stereocenters. The lowest BCUT2D eigenvalue weighted by atomic mass is 10.0. The van der Waals surface area contributed by atoms with Crippen molar-refractivity contribution in [2.45, 2.75) is 51.6 Å². The molecule has 3 rings (SSSR count). The minimum absolute atomic E-state index is 0.407. The Balaban J connectivity index is 1.67. The molecule has 0 bridgehead atoms. The van der Waals surface area contributed by atoms with Gasteiger partial charge in [-0.1, -0.05) is 13.8 Å². The summed E-state index contributed by atoms with van der Waals surface area (Å²) >= 11 is 0. The van der Waals surface area contributed by atoms with E-state index in [1.54, 1.807) is 0 Å². The second kappa shape index (κ2) is 6.54. The number of hydrogen-bond acceptors (Lipinski definition) is 5. The summed E-state index contributed by atoms with van der Waals surface area (Å²) in [5.74, 6) is 2.49. The average molecular weight is 307 g/mol. The van der Waals surface area contributed by atoms with Crippen LogP contribution < -0.4 is 4.90 Å². The molecule has 0 radical (unpaired) electrons. The summed E-state index contributed by atoms with van der Waals surface area (Å²) in [4.78, 5) is 5.05. The Hall–Kier alpha value is -1.14. The first-order chi connectivity index (χ1) is 10.6. The second-order valence-electron chi connectivity index (χ2n) is 6.95. The number of anilines is 1. The summed E-state index contributed by atoms with van der Waals surface area (Å²) in [7, 11) is 2.09. The van der Waals surface area contributed by atoms with Crippen LogP contribution in [0.2, 0.25) is 0 Å². The van der Waals surface area contributed by atoms with Crippen LogP contribution in [0.5, 0.6) is 0 Å².